The Balaban J connectivity index is 2.66. The van der Waals surface area contributed by atoms with Gasteiger partial charge in [-0.3, -0.25) is 23.9 Å². The Morgan fingerprint density at radius 3 is 2.38 bits per heavy atom. The van der Waals surface area contributed by atoms with Crippen molar-refractivity contribution in [3.8, 4) is 0 Å². The molecule has 1 rings (SSSR count). The highest BCUT2D eigenvalue weighted by atomic mass is 16.6. The lowest BCUT2D eigenvalue weighted by Gasteiger charge is -2.23. The summed E-state index contributed by atoms with van der Waals surface area (Å²) in [6.07, 6.45) is 1.42. The van der Waals surface area contributed by atoms with Gasteiger partial charge in [-0.25, -0.2) is 9.59 Å². The van der Waals surface area contributed by atoms with E-state index in [4.69, 9.17) is 4.74 Å². The number of aromatic nitrogens is 2. The molecule has 11 heteroatoms. The molecule has 0 radical (unpaired) electrons. The standard InChI is InChI=1S/C21H35N5O6/c1-14(2)7-10-25(17(28)13-26-11-15(3)18(29)24-19(26)30)12-16(27)22-8-9-23-20(31)32-21(4,5)6/h11,14H,7-10,12-13H2,1-6H3,(H,22,27)(H,23,31)(H,24,29,30). The summed E-state index contributed by atoms with van der Waals surface area (Å²) >= 11 is 0. The predicted molar refractivity (Wildman–Crippen MR) is 119 cm³/mol. The van der Waals surface area contributed by atoms with E-state index in [1.165, 1.54) is 18.0 Å². The zero-order chi connectivity index (χ0) is 24.5. The van der Waals surface area contributed by atoms with E-state index in [1.807, 2.05) is 13.8 Å². The Morgan fingerprint density at radius 1 is 1.16 bits per heavy atom. The first-order valence-corrected chi connectivity index (χ1v) is 10.6. The topological polar surface area (TPSA) is 143 Å². The number of hydrogen-bond donors (Lipinski definition) is 3. The third-order valence-corrected chi connectivity index (χ3v) is 4.27. The summed E-state index contributed by atoms with van der Waals surface area (Å²) < 4.78 is 6.23. The molecule has 11 nitrogen and oxygen atoms in total. The van der Waals surface area contributed by atoms with Gasteiger partial charge < -0.3 is 20.3 Å². The molecule has 0 fully saturated rings. The second-order valence-electron chi connectivity index (χ2n) is 8.98. The maximum Gasteiger partial charge on any atom is 0.407 e. The molecule has 0 aliphatic rings. The van der Waals surface area contributed by atoms with Crippen LogP contribution in [-0.2, 0) is 20.9 Å². The lowest BCUT2D eigenvalue weighted by molar-refractivity contribution is -0.136. The summed E-state index contributed by atoms with van der Waals surface area (Å²) in [6.45, 7) is 11.0. The number of nitrogens with zero attached hydrogens (tertiary/aromatic N) is 2. The molecular formula is C21H35N5O6. The van der Waals surface area contributed by atoms with Crippen molar-refractivity contribution in [1.29, 1.82) is 0 Å². The molecule has 0 spiro atoms. The SMILES string of the molecule is Cc1cn(CC(=O)N(CCC(C)C)CC(=O)NCCNC(=O)OC(C)(C)C)c(=O)[nH]c1=O. The molecule has 1 heterocycles. The molecule has 0 saturated carbocycles. The van der Waals surface area contributed by atoms with Gasteiger partial charge in [0.2, 0.25) is 11.8 Å². The number of amides is 3. The smallest absolute Gasteiger partial charge is 0.407 e. The van der Waals surface area contributed by atoms with E-state index in [0.717, 1.165) is 4.57 Å². The third-order valence-electron chi connectivity index (χ3n) is 4.27. The van der Waals surface area contributed by atoms with Crippen molar-refractivity contribution in [2.24, 2.45) is 5.92 Å². The van der Waals surface area contributed by atoms with E-state index in [2.05, 4.69) is 15.6 Å². The van der Waals surface area contributed by atoms with Crippen molar-refractivity contribution >= 4 is 17.9 Å². The maximum absolute atomic E-state index is 12.8. The monoisotopic (exact) mass is 453 g/mol. The number of rotatable bonds is 10. The summed E-state index contributed by atoms with van der Waals surface area (Å²) in [6, 6.07) is 0. The Hall–Kier alpha value is -3.11. The molecule has 1 aromatic rings. The van der Waals surface area contributed by atoms with Gasteiger partial charge in [-0.1, -0.05) is 13.8 Å². The van der Waals surface area contributed by atoms with Gasteiger partial charge in [-0.15, -0.1) is 0 Å². The summed E-state index contributed by atoms with van der Waals surface area (Å²) in [5.41, 5.74) is -1.50. The first-order valence-electron chi connectivity index (χ1n) is 10.6. The predicted octanol–water partition coefficient (Wildman–Crippen LogP) is 0.361. The van der Waals surface area contributed by atoms with E-state index in [1.54, 1.807) is 20.8 Å². The van der Waals surface area contributed by atoms with Gasteiger partial charge in [-0.05, 0) is 40.0 Å². The fourth-order valence-corrected chi connectivity index (χ4v) is 2.60. The van der Waals surface area contributed by atoms with Crippen molar-refractivity contribution in [2.75, 3.05) is 26.2 Å². The molecule has 0 bridgehead atoms. The summed E-state index contributed by atoms with van der Waals surface area (Å²) in [5, 5.41) is 5.18. The normalized spacial score (nSPS) is 11.2. The minimum Gasteiger partial charge on any atom is -0.444 e. The highest BCUT2D eigenvalue weighted by molar-refractivity contribution is 5.84. The van der Waals surface area contributed by atoms with E-state index >= 15 is 0 Å². The van der Waals surface area contributed by atoms with Crippen LogP contribution in [0, 0.1) is 12.8 Å². The zero-order valence-electron chi connectivity index (χ0n) is 19.7. The molecule has 0 aromatic carbocycles. The Bertz CT molecular complexity index is 912. The number of alkyl carbamates (subject to hydrolysis) is 1. The van der Waals surface area contributed by atoms with Gasteiger partial charge in [0.15, 0.2) is 0 Å². The second-order valence-corrected chi connectivity index (χ2v) is 8.98. The van der Waals surface area contributed by atoms with Crippen LogP contribution < -0.4 is 21.9 Å². The number of aryl methyl sites for hydroxylation is 1. The molecule has 0 atom stereocenters. The van der Waals surface area contributed by atoms with Crippen molar-refractivity contribution < 1.29 is 19.1 Å². The molecule has 0 saturated heterocycles. The molecular weight excluding hydrogens is 418 g/mol. The highest BCUT2D eigenvalue weighted by Gasteiger charge is 2.19. The molecule has 0 aliphatic heterocycles. The minimum absolute atomic E-state index is 0.170. The first-order chi connectivity index (χ1) is 14.8. The average Bonchev–Trinajstić information content (AvgIpc) is 2.65. The van der Waals surface area contributed by atoms with Gasteiger partial charge in [0.1, 0.15) is 12.1 Å². The minimum atomic E-state index is -0.685. The molecule has 180 valence electrons. The Kier molecular flexibility index (Phi) is 10.1. The zero-order valence-corrected chi connectivity index (χ0v) is 19.7. The van der Waals surface area contributed by atoms with E-state index < -0.39 is 34.8 Å². The lowest BCUT2D eigenvalue weighted by Crippen LogP contribution is -2.45. The fraction of sp³-hybridized carbons (Fsp3) is 0.667. The van der Waals surface area contributed by atoms with Crippen LogP contribution in [0.1, 0.15) is 46.6 Å². The molecule has 3 N–H and O–H groups in total. The highest BCUT2D eigenvalue weighted by Crippen LogP contribution is 2.06. The molecule has 1 aromatic heterocycles. The fourth-order valence-electron chi connectivity index (χ4n) is 2.60. The lowest BCUT2D eigenvalue weighted by atomic mass is 10.1. The van der Waals surface area contributed by atoms with Crippen LogP contribution in [0.5, 0.6) is 0 Å². The number of ether oxygens (including phenoxy) is 1. The van der Waals surface area contributed by atoms with Crippen LogP contribution in [-0.4, -0.2) is 64.1 Å². The summed E-state index contributed by atoms with van der Waals surface area (Å²) in [4.78, 5) is 63.7. The molecule has 32 heavy (non-hydrogen) atoms. The average molecular weight is 454 g/mol. The Labute approximate surface area is 187 Å². The quantitative estimate of drug-likeness (QED) is 0.437. The maximum atomic E-state index is 12.8. The van der Waals surface area contributed by atoms with Crippen LogP contribution in [0.25, 0.3) is 0 Å². The largest absolute Gasteiger partial charge is 0.444 e. The van der Waals surface area contributed by atoms with Gasteiger partial charge in [-0.2, -0.15) is 0 Å². The number of aromatic amines is 1. The number of carbonyl (C=O) groups is 3. The van der Waals surface area contributed by atoms with E-state index in [0.29, 0.717) is 24.4 Å². The van der Waals surface area contributed by atoms with Gasteiger partial charge in [0.25, 0.3) is 5.56 Å². The number of hydrogen-bond acceptors (Lipinski definition) is 6. The van der Waals surface area contributed by atoms with Crippen LogP contribution in [0.2, 0.25) is 0 Å². The molecule has 0 unspecified atom stereocenters. The summed E-state index contributed by atoms with van der Waals surface area (Å²) in [5.74, 6) is -0.497. The third kappa shape index (κ3) is 10.3. The Morgan fingerprint density at radius 2 is 1.78 bits per heavy atom. The van der Waals surface area contributed by atoms with Crippen molar-refractivity contribution in [2.45, 2.75) is 60.1 Å². The number of nitrogens with one attached hydrogen (secondary N) is 3. The van der Waals surface area contributed by atoms with Crippen molar-refractivity contribution in [1.82, 2.24) is 25.1 Å². The van der Waals surface area contributed by atoms with Gasteiger partial charge in [0.05, 0.1) is 6.54 Å². The first kappa shape index (κ1) is 26.9. The van der Waals surface area contributed by atoms with E-state index in [9.17, 15) is 24.0 Å². The van der Waals surface area contributed by atoms with Crippen molar-refractivity contribution in [3.05, 3.63) is 32.6 Å². The van der Waals surface area contributed by atoms with Crippen LogP contribution >= 0.6 is 0 Å². The number of H-pyrrole nitrogens is 1. The second kappa shape index (κ2) is 12.1. The molecule has 0 aliphatic carbocycles. The summed E-state index contributed by atoms with van der Waals surface area (Å²) in [7, 11) is 0. The number of carbonyl (C=O) groups excluding carboxylic acids is 3. The van der Waals surface area contributed by atoms with Crippen LogP contribution in [0.3, 0.4) is 0 Å². The van der Waals surface area contributed by atoms with Crippen molar-refractivity contribution in [3.63, 3.8) is 0 Å². The van der Waals surface area contributed by atoms with E-state index in [-0.39, 0.29) is 26.2 Å². The molecule has 3 amide bonds. The van der Waals surface area contributed by atoms with Crippen LogP contribution in [0.4, 0.5) is 4.79 Å². The van der Waals surface area contributed by atoms with Gasteiger partial charge >= 0.3 is 11.8 Å². The van der Waals surface area contributed by atoms with Gasteiger partial charge in [0, 0.05) is 31.4 Å². The van der Waals surface area contributed by atoms with Crippen LogP contribution in [0.15, 0.2) is 15.8 Å².